The number of rotatable bonds is 3. The Morgan fingerprint density at radius 3 is 2.67 bits per heavy atom. The minimum atomic E-state index is 0.102. The lowest BCUT2D eigenvalue weighted by molar-refractivity contribution is -0.153. The maximum atomic E-state index is 6.20. The molecule has 1 aromatic rings. The average Bonchev–Trinajstić information content (AvgIpc) is 3.01. The van der Waals surface area contributed by atoms with Gasteiger partial charge in [0.1, 0.15) is 5.82 Å². The second kappa shape index (κ2) is 7.12. The Hall–Kier alpha value is -0.950. The van der Waals surface area contributed by atoms with Gasteiger partial charge in [-0.25, -0.2) is 4.98 Å². The minimum Gasteiger partial charge on any atom is -0.381 e. The average molecular weight is 334 g/mol. The van der Waals surface area contributed by atoms with E-state index in [2.05, 4.69) is 26.4 Å². The van der Waals surface area contributed by atoms with Crippen molar-refractivity contribution in [3.05, 3.63) is 18.2 Å². The minimum absolute atomic E-state index is 0.102. The fourth-order valence-electron chi connectivity index (χ4n) is 4.44. The lowest BCUT2D eigenvalue weighted by Crippen LogP contribution is -2.55. The van der Waals surface area contributed by atoms with Crippen LogP contribution < -0.4 is 0 Å². The molecule has 0 radical (unpaired) electrons. The molecule has 3 fully saturated rings. The molecule has 6 nitrogen and oxygen atoms in total. The first-order valence-electron chi connectivity index (χ1n) is 9.38. The molecule has 0 unspecified atom stereocenters. The Kier molecular flexibility index (Phi) is 4.90. The maximum absolute atomic E-state index is 6.20. The van der Waals surface area contributed by atoms with E-state index in [4.69, 9.17) is 9.47 Å². The number of piperazine rings is 1. The summed E-state index contributed by atoms with van der Waals surface area (Å²) in [7, 11) is 2.08. The zero-order chi connectivity index (χ0) is 16.4. The molecule has 1 atom stereocenters. The van der Waals surface area contributed by atoms with Crippen molar-refractivity contribution in [1.29, 1.82) is 0 Å². The van der Waals surface area contributed by atoms with Gasteiger partial charge in [-0.15, -0.1) is 0 Å². The van der Waals surface area contributed by atoms with Crippen LogP contribution in [0.4, 0.5) is 0 Å². The van der Waals surface area contributed by atoms with Crippen LogP contribution in [0.5, 0.6) is 0 Å². The van der Waals surface area contributed by atoms with Crippen molar-refractivity contribution in [3.63, 3.8) is 0 Å². The Bertz CT molecular complexity index is 527. The number of aryl methyl sites for hydroxylation is 1. The summed E-state index contributed by atoms with van der Waals surface area (Å²) in [6.07, 6.45) is 8.44. The second-order valence-electron chi connectivity index (χ2n) is 7.56. The van der Waals surface area contributed by atoms with Gasteiger partial charge in [-0.05, 0) is 25.7 Å². The van der Waals surface area contributed by atoms with E-state index >= 15 is 0 Å². The molecule has 24 heavy (non-hydrogen) atoms. The molecule has 3 aliphatic heterocycles. The lowest BCUT2D eigenvalue weighted by Gasteiger charge is -2.48. The van der Waals surface area contributed by atoms with Gasteiger partial charge >= 0.3 is 0 Å². The molecule has 4 rings (SSSR count). The van der Waals surface area contributed by atoms with E-state index < -0.39 is 0 Å². The Labute approximate surface area is 144 Å². The third-order valence-electron chi connectivity index (χ3n) is 6.08. The summed E-state index contributed by atoms with van der Waals surface area (Å²) in [5.41, 5.74) is 0.102. The van der Waals surface area contributed by atoms with Gasteiger partial charge in [0.2, 0.25) is 0 Å². The highest BCUT2D eigenvalue weighted by molar-refractivity contribution is 4.95. The van der Waals surface area contributed by atoms with Crippen LogP contribution in [0.25, 0.3) is 0 Å². The highest BCUT2D eigenvalue weighted by atomic mass is 16.5. The van der Waals surface area contributed by atoms with Crippen LogP contribution in [0.2, 0.25) is 0 Å². The van der Waals surface area contributed by atoms with Gasteiger partial charge in [0.05, 0.1) is 12.1 Å². The van der Waals surface area contributed by atoms with Crippen molar-refractivity contribution in [1.82, 2.24) is 19.4 Å². The number of hydrogen-bond acceptors (Lipinski definition) is 5. The summed E-state index contributed by atoms with van der Waals surface area (Å²) in [6, 6.07) is 0.687. The van der Waals surface area contributed by atoms with E-state index in [0.717, 1.165) is 58.1 Å². The molecular weight excluding hydrogens is 304 g/mol. The molecule has 6 heteroatoms. The maximum Gasteiger partial charge on any atom is 0.122 e. The van der Waals surface area contributed by atoms with Crippen LogP contribution in [0.3, 0.4) is 0 Å². The third-order valence-corrected chi connectivity index (χ3v) is 6.08. The van der Waals surface area contributed by atoms with E-state index in [0.29, 0.717) is 6.04 Å². The first-order chi connectivity index (χ1) is 11.7. The first kappa shape index (κ1) is 16.5. The van der Waals surface area contributed by atoms with Crippen LogP contribution in [0.15, 0.2) is 12.4 Å². The zero-order valence-corrected chi connectivity index (χ0v) is 14.8. The summed E-state index contributed by atoms with van der Waals surface area (Å²) in [5.74, 6) is 1.16. The van der Waals surface area contributed by atoms with Crippen molar-refractivity contribution in [2.45, 2.75) is 43.9 Å². The van der Waals surface area contributed by atoms with Crippen molar-refractivity contribution < 1.29 is 9.47 Å². The number of ether oxygens (including phenoxy) is 2. The Balaban J connectivity index is 1.30. The van der Waals surface area contributed by atoms with Crippen molar-refractivity contribution in [2.24, 2.45) is 7.05 Å². The highest BCUT2D eigenvalue weighted by Crippen LogP contribution is 2.36. The lowest BCUT2D eigenvalue weighted by atomic mass is 9.83. The van der Waals surface area contributed by atoms with Crippen LogP contribution >= 0.6 is 0 Å². The SMILES string of the molecule is Cn1ccnc1CN1CCN([C@@H]2CCOC3(CCOCC3)C2)CC1. The number of nitrogens with zero attached hydrogens (tertiary/aromatic N) is 4. The van der Waals surface area contributed by atoms with E-state index in [1.54, 1.807) is 0 Å². The molecule has 0 aromatic carbocycles. The molecule has 0 amide bonds. The normalized spacial score (nSPS) is 29.1. The molecule has 1 spiro atoms. The summed E-state index contributed by atoms with van der Waals surface area (Å²) in [6.45, 7) is 8.23. The number of imidazole rings is 1. The first-order valence-corrected chi connectivity index (χ1v) is 9.38. The predicted octanol–water partition coefficient (Wildman–Crippen LogP) is 1.27. The highest BCUT2D eigenvalue weighted by Gasteiger charge is 2.41. The van der Waals surface area contributed by atoms with Gasteiger partial charge in [-0.1, -0.05) is 0 Å². The topological polar surface area (TPSA) is 42.8 Å². The Morgan fingerprint density at radius 2 is 1.96 bits per heavy atom. The fourth-order valence-corrected chi connectivity index (χ4v) is 4.44. The van der Waals surface area contributed by atoms with Gasteiger partial charge in [-0.2, -0.15) is 0 Å². The Morgan fingerprint density at radius 1 is 1.17 bits per heavy atom. The van der Waals surface area contributed by atoms with E-state index in [1.807, 2.05) is 12.4 Å². The molecule has 0 aliphatic carbocycles. The summed E-state index contributed by atoms with van der Waals surface area (Å²) < 4.78 is 13.9. The molecule has 3 saturated heterocycles. The zero-order valence-electron chi connectivity index (χ0n) is 14.8. The standard InChI is InChI=1S/C18H30N4O2/c1-20-6-5-19-17(20)15-21-7-9-22(10-8-21)16-2-11-24-18(14-16)3-12-23-13-4-18/h5-6,16H,2-4,7-15H2,1H3/t16-/m1/s1. The van der Waals surface area contributed by atoms with Crippen LogP contribution in [0, 0.1) is 0 Å². The molecule has 3 aliphatic rings. The van der Waals surface area contributed by atoms with E-state index in [-0.39, 0.29) is 5.60 Å². The number of aromatic nitrogens is 2. The predicted molar refractivity (Wildman–Crippen MR) is 91.8 cm³/mol. The van der Waals surface area contributed by atoms with Crippen LogP contribution in [0.1, 0.15) is 31.5 Å². The van der Waals surface area contributed by atoms with Crippen molar-refractivity contribution in [3.8, 4) is 0 Å². The van der Waals surface area contributed by atoms with Crippen molar-refractivity contribution in [2.75, 3.05) is 46.0 Å². The number of hydrogen-bond donors (Lipinski definition) is 0. The molecule has 0 N–H and O–H groups in total. The van der Waals surface area contributed by atoms with Crippen LogP contribution in [-0.2, 0) is 23.1 Å². The second-order valence-corrected chi connectivity index (χ2v) is 7.56. The van der Waals surface area contributed by atoms with E-state index in [1.165, 1.54) is 25.9 Å². The summed E-state index contributed by atoms with van der Waals surface area (Å²) in [5, 5.41) is 0. The largest absolute Gasteiger partial charge is 0.381 e. The monoisotopic (exact) mass is 334 g/mol. The van der Waals surface area contributed by atoms with Gasteiger partial charge in [-0.3, -0.25) is 9.80 Å². The summed E-state index contributed by atoms with van der Waals surface area (Å²) in [4.78, 5) is 9.69. The smallest absolute Gasteiger partial charge is 0.122 e. The molecule has 134 valence electrons. The quantitative estimate of drug-likeness (QED) is 0.833. The van der Waals surface area contributed by atoms with Gasteiger partial charge in [0.15, 0.2) is 0 Å². The molecule has 0 saturated carbocycles. The van der Waals surface area contributed by atoms with Gasteiger partial charge in [0, 0.05) is 71.5 Å². The molecule has 0 bridgehead atoms. The van der Waals surface area contributed by atoms with Gasteiger partial charge < -0.3 is 14.0 Å². The fraction of sp³-hybridized carbons (Fsp3) is 0.833. The van der Waals surface area contributed by atoms with Crippen LogP contribution in [-0.4, -0.2) is 77.0 Å². The van der Waals surface area contributed by atoms with E-state index in [9.17, 15) is 0 Å². The molecule has 1 aromatic heterocycles. The third kappa shape index (κ3) is 3.52. The van der Waals surface area contributed by atoms with Gasteiger partial charge in [0.25, 0.3) is 0 Å². The summed E-state index contributed by atoms with van der Waals surface area (Å²) >= 11 is 0. The molecular formula is C18H30N4O2. The molecule has 4 heterocycles. The van der Waals surface area contributed by atoms with Crippen molar-refractivity contribution >= 4 is 0 Å².